The first-order chi connectivity index (χ1) is 5.58. The van der Waals surface area contributed by atoms with Gasteiger partial charge in [-0.3, -0.25) is 0 Å². The maximum atomic E-state index is 12.7. The molecule has 1 aromatic carbocycles. The topological polar surface area (TPSA) is 26.0 Å². The van der Waals surface area contributed by atoms with Crippen molar-refractivity contribution in [2.24, 2.45) is 0 Å². The van der Waals surface area contributed by atoms with E-state index in [1.54, 1.807) is 0 Å². The summed E-state index contributed by atoms with van der Waals surface area (Å²) in [7, 11) is 0. The van der Waals surface area contributed by atoms with Gasteiger partial charge in [0.15, 0.2) is 6.67 Å². The van der Waals surface area contributed by atoms with Gasteiger partial charge in [0.2, 0.25) is 0 Å². The van der Waals surface area contributed by atoms with Gasteiger partial charge in [-0.25, -0.2) is 4.39 Å². The van der Waals surface area contributed by atoms with Crippen molar-refractivity contribution in [2.75, 3.05) is 12.4 Å². The average molecular weight is 175 g/mol. The SMILES string of the molecule is Nc1ccccc1C(F)(F)CF. The number of rotatable bonds is 2. The van der Waals surface area contributed by atoms with Gasteiger partial charge >= 0.3 is 5.92 Å². The first kappa shape index (κ1) is 8.90. The van der Waals surface area contributed by atoms with Crippen molar-refractivity contribution in [1.29, 1.82) is 0 Å². The number of anilines is 1. The molecular formula is C8H8F3N. The Balaban J connectivity index is 3.10. The first-order valence-electron chi connectivity index (χ1n) is 3.36. The molecule has 0 radical (unpaired) electrons. The summed E-state index contributed by atoms with van der Waals surface area (Å²) >= 11 is 0. The summed E-state index contributed by atoms with van der Waals surface area (Å²) in [6.07, 6.45) is 0. The van der Waals surface area contributed by atoms with E-state index in [0.29, 0.717) is 0 Å². The van der Waals surface area contributed by atoms with Crippen molar-refractivity contribution < 1.29 is 13.2 Å². The zero-order chi connectivity index (χ0) is 9.19. The molecule has 0 amide bonds. The van der Waals surface area contributed by atoms with E-state index in [9.17, 15) is 13.2 Å². The van der Waals surface area contributed by atoms with Gasteiger partial charge < -0.3 is 5.73 Å². The highest BCUT2D eigenvalue weighted by molar-refractivity contribution is 5.48. The van der Waals surface area contributed by atoms with Gasteiger partial charge in [0.1, 0.15) is 0 Å². The summed E-state index contributed by atoms with van der Waals surface area (Å²) in [6.45, 7) is -1.72. The zero-order valence-corrected chi connectivity index (χ0v) is 6.23. The Morgan fingerprint density at radius 3 is 2.33 bits per heavy atom. The number of nitrogens with two attached hydrogens (primary N) is 1. The van der Waals surface area contributed by atoms with Crippen molar-refractivity contribution in [3.8, 4) is 0 Å². The number of alkyl halides is 3. The van der Waals surface area contributed by atoms with Gasteiger partial charge in [-0.1, -0.05) is 18.2 Å². The highest BCUT2D eigenvalue weighted by Crippen LogP contribution is 2.31. The van der Waals surface area contributed by atoms with Crippen LogP contribution in [0.15, 0.2) is 24.3 Å². The molecular weight excluding hydrogens is 167 g/mol. The standard InChI is InChI=1S/C8H8F3N/c9-5-8(10,11)6-3-1-2-4-7(6)12/h1-4H,5,12H2. The molecule has 2 N–H and O–H groups in total. The number of nitrogen functional groups attached to an aromatic ring is 1. The van der Waals surface area contributed by atoms with E-state index in [4.69, 9.17) is 5.73 Å². The molecule has 0 bridgehead atoms. The minimum absolute atomic E-state index is 0.0832. The van der Waals surface area contributed by atoms with E-state index in [2.05, 4.69) is 0 Å². The molecule has 12 heavy (non-hydrogen) atoms. The van der Waals surface area contributed by atoms with Gasteiger partial charge in [0.05, 0.1) is 0 Å². The number of para-hydroxylation sites is 1. The van der Waals surface area contributed by atoms with E-state index in [1.165, 1.54) is 18.2 Å². The average Bonchev–Trinajstić information content (AvgIpc) is 2.05. The van der Waals surface area contributed by atoms with Crippen LogP contribution in [0.25, 0.3) is 0 Å². The highest BCUT2D eigenvalue weighted by atomic mass is 19.3. The van der Waals surface area contributed by atoms with Crippen LogP contribution in [0, 0.1) is 0 Å². The maximum Gasteiger partial charge on any atom is 0.302 e. The Bertz CT molecular complexity index is 273. The predicted molar refractivity (Wildman–Crippen MR) is 40.7 cm³/mol. The van der Waals surface area contributed by atoms with Crippen LogP contribution in [-0.2, 0) is 5.92 Å². The quantitative estimate of drug-likeness (QED) is 0.686. The molecule has 4 heteroatoms. The van der Waals surface area contributed by atoms with Crippen LogP contribution < -0.4 is 5.73 Å². The monoisotopic (exact) mass is 175 g/mol. The molecule has 1 aromatic rings. The van der Waals surface area contributed by atoms with Gasteiger partial charge in [-0.05, 0) is 6.07 Å². The maximum absolute atomic E-state index is 12.7. The molecule has 1 nitrogen and oxygen atoms in total. The molecule has 0 heterocycles. The molecule has 66 valence electrons. The van der Waals surface area contributed by atoms with E-state index in [1.807, 2.05) is 0 Å². The third kappa shape index (κ3) is 1.52. The third-order valence-electron chi connectivity index (χ3n) is 1.52. The van der Waals surface area contributed by atoms with E-state index in [-0.39, 0.29) is 5.69 Å². The first-order valence-corrected chi connectivity index (χ1v) is 3.36. The van der Waals surface area contributed by atoms with E-state index in [0.717, 1.165) is 6.07 Å². The molecule has 0 saturated heterocycles. The summed E-state index contributed by atoms with van der Waals surface area (Å²) in [5.41, 5.74) is 4.70. The molecule has 1 rings (SSSR count). The van der Waals surface area contributed by atoms with Crippen LogP contribution in [-0.4, -0.2) is 6.67 Å². The largest absolute Gasteiger partial charge is 0.398 e. The molecule has 0 atom stereocenters. The lowest BCUT2D eigenvalue weighted by molar-refractivity contribution is -0.0273. The summed E-state index contributed by atoms with van der Waals surface area (Å²) in [6, 6.07) is 5.36. The Morgan fingerprint density at radius 2 is 1.83 bits per heavy atom. The van der Waals surface area contributed by atoms with Gasteiger partial charge in [-0.2, -0.15) is 8.78 Å². The molecule has 0 aliphatic carbocycles. The molecule has 0 fully saturated rings. The summed E-state index contributed by atoms with van der Waals surface area (Å²) in [5.74, 6) is -3.47. The van der Waals surface area contributed by atoms with Crippen LogP contribution >= 0.6 is 0 Å². The smallest absolute Gasteiger partial charge is 0.302 e. The van der Waals surface area contributed by atoms with Gasteiger partial charge in [0, 0.05) is 11.3 Å². The zero-order valence-electron chi connectivity index (χ0n) is 6.23. The molecule has 0 aliphatic heterocycles. The van der Waals surface area contributed by atoms with Gasteiger partial charge in [-0.15, -0.1) is 0 Å². The predicted octanol–water partition coefficient (Wildman–Crippen LogP) is 2.33. The summed E-state index contributed by atoms with van der Waals surface area (Å²) in [5, 5.41) is 0. The molecule has 0 spiro atoms. The van der Waals surface area contributed by atoms with Crippen molar-refractivity contribution in [2.45, 2.75) is 5.92 Å². The molecule has 0 saturated carbocycles. The highest BCUT2D eigenvalue weighted by Gasteiger charge is 2.33. The number of benzene rings is 1. The third-order valence-corrected chi connectivity index (χ3v) is 1.52. The Labute approximate surface area is 68.0 Å². The molecule has 0 aliphatic rings. The molecule has 0 unspecified atom stereocenters. The van der Waals surface area contributed by atoms with Crippen LogP contribution in [0.2, 0.25) is 0 Å². The fraction of sp³-hybridized carbons (Fsp3) is 0.250. The number of halogens is 3. The van der Waals surface area contributed by atoms with E-state index < -0.39 is 18.2 Å². The summed E-state index contributed by atoms with van der Waals surface area (Å²) in [4.78, 5) is 0. The summed E-state index contributed by atoms with van der Waals surface area (Å²) < 4.78 is 37.2. The Hall–Kier alpha value is -1.19. The van der Waals surface area contributed by atoms with Crippen molar-refractivity contribution in [3.05, 3.63) is 29.8 Å². The van der Waals surface area contributed by atoms with Crippen LogP contribution in [0.5, 0.6) is 0 Å². The molecule has 0 aromatic heterocycles. The van der Waals surface area contributed by atoms with Crippen LogP contribution in [0.4, 0.5) is 18.9 Å². The Morgan fingerprint density at radius 1 is 1.25 bits per heavy atom. The van der Waals surface area contributed by atoms with Crippen LogP contribution in [0.3, 0.4) is 0 Å². The minimum Gasteiger partial charge on any atom is -0.398 e. The lowest BCUT2D eigenvalue weighted by atomic mass is 10.1. The normalized spacial score (nSPS) is 11.6. The number of hydrogen-bond acceptors (Lipinski definition) is 1. The van der Waals surface area contributed by atoms with Crippen molar-refractivity contribution in [3.63, 3.8) is 0 Å². The second-order valence-corrected chi connectivity index (χ2v) is 2.43. The number of hydrogen-bond donors (Lipinski definition) is 1. The van der Waals surface area contributed by atoms with E-state index >= 15 is 0 Å². The Kier molecular flexibility index (Phi) is 2.26. The van der Waals surface area contributed by atoms with Gasteiger partial charge in [0.25, 0.3) is 0 Å². The van der Waals surface area contributed by atoms with Crippen molar-refractivity contribution in [1.82, 2.24) is 0 Å². The second-order valence-electron chi connectivity index (χ2n) is 2.43. The second kappa shape index (κ2) is 3.05. The fourth-order valence-electron chi connectivity index (χ4n) is 0.902. The van der Waals surface area contributed by atoms with Crippen molar-refractivity contribution >= 4 is 5.69 Å². The lowest BCUT2D eigenvalue weighted by Gasteiger charge is -2.13. The van der Waals surface area contributed by atoms with Crippen LogP contribution in [0.1, 0.15) is 5.56 Å². The lowest BCUT2D eigenvalue weighted by Crippen LogP contribution is -2.17. The minimum atomic E-state index is -3.47. The fourth-order valence-corrected chi connectivity index (χ4v) is 0.902.